The lowest BCUT2D eigenvalue weighted by Gasteiger charge is -2.11. The van der Waals surface area contributed by atoms with Crippen molar-refractivity contribution >= 4 is 40.1 Å². The van der Waals surface area contributed by atoms with Gasteiger partial charge in [-0.25, -0.2) is 4.98 Å². The molecular weight excluding hydrogens is 389 g/mol. The highest BCUT2D eigenvalue weighted by molar-refractivity contribution is 14.1. The fourth-order valence-electron chi connectivity index (χ4n) is 1.82. The van der Waals surface area contributed by atoms with E-state index in [0.717, 1.165) is 46.4 Å². The summed E-state index contributed by atoms with van der Waals surface area (Å²) in [5.41, 5.74) is 1.07. The van der Waals surface area contributed by atoms with Gasteiger partial charge in [0.25, 0.3) is 0 Å². The molecule has 0 bridgehead atoms. The predicted octanol–water partition coefficient (Wildman–Crippen LogP) is 3.97. The molecule has 4 nitrogen and oxygen atoms in total. The van der Waals surface area contributed by atoms with E-state index in [4.69, 9.17) is 16.3 Å². The van der Waals surface area contributed by atoms with Crippen molar-refractivity contribution in [2.24, 2.45) is 0 Å². The maximum absolute atomic E-state index is 5.99. The average molecular weight is 406 g/mol. The van der Waals surface area contributed by atoms with Crippen molar-refractivity contribution in [1.82, 2.24) is 9.55 Å². The van der Waals surface area contributed by atoms with E-state index in [-0.39, 0.29) is 0 Å². The van der Waals surface area contributed by atoms with Gasteiger partial charge in [-0.2, -0.15) is 0 Å². The fourth-order valence-corrected chi connectivity index (χ4v) is 2.96. The van der Waals surface area contributed by atoms with Crippen LogP contribution in [-0.2, 0) is 4.74 Å². The summed E-state index contributed by atoms with van der Waals surface area (Å²) in [5, 5.41) is 4.07. The summed E-state index contributed by atoms with van der Waals surface area (Å²) < 4.78 is 8.43. The first-order chi connectivity index (χ1) is 9.72. The molecule has 0 amide bonds. The second-order valence-electron chi connectivity index (χ2n) is 4.19. The second kappa shape index (κ2) is 7.85. The molecule has 0 saturated heterocycles. The number of hydrogen-bond donors (Lipinski definition) is 1. The molecular formula is C14H17ClIN3O. The van der Waals surface area contributed by atoms with Gasteiger partial charge in [0.1, 0.15) is 0 Å². The van der Waals surface area contributed by atoms with Crippen LogP contribution in [0.25, 0.3) is 5.69 Å². The normalized spacial score (nSPS) is 10.8. The Kier molecular flexibility index (Phi) is 6.12. The van der Waals surface area contributed by atoms with Crippen LogP contribution in [0.1, 0.15) is 13.3 Å². The zero-order chi connectivity index (χ0) is 14.4. The maximum Gasteiger partial charge on any atom is 0.207 e. The van der Waals surface area contributed by atoms with Crippen LogP contribution in [0.3, 0.4) is 0 Å². The Bertz CT molecular complexity index is 559. The smallest absolute Gasteiger partial charge is 0.207 e. The molecule has 20 heavy (non-hydrogen) atoms. The third kappa shape index (κ3) is 4.10. The molecule has 2 aromatic rings. The van der Waals surface area contributed by atoms with Crippen LogP contribution in [0.5, 0.6) is 0 Å². The minimum Gasteiger partial charge on any atom is -0.382 e. The number of rotatable bonds is 7. The number of nitrogens with one attached hydrogen (secondary N) is 1. The largest absolute Gasteiger partial charge is 0.382 e. The molecule has 1 aromatic heterocycles. The first-order valence-corrected chi connectivity index (χ1v) is 7.98. The highest BCUT2D eigenvalue weighted by Crippen LogP contribution is 2.23. The summed E-state index contributed by atoms with van der Waals surface area (Å²) in [5.74, 6) is 0.835. The molecule has 0 unspecified atom stereocenters. The molecule has 1 aromatic carbocycles. The van der Waals surface area contributed by atoms with Crippen molar-refractivity contribution < 1.29 is 4.74 Å². The number of nitrogens with zero attached hydrogens (tertiary/aromatic N) is 2. The SMILES string of the molecule is CCOCCCNc1nccn1-c1ccc(Cl)cc1I. The van der Waals surface area contributed by atoms with E-state index in [0.29, 0.717) is 0 Å². The van der Waals surface area contributed by atoms with Crippen LogP contribution in [0.2, 0.25) is 5.02 Å². The maximum atomic E-state index is 5.99. The lowest BCUT2D eigenvalue weighted by molar-refractivity contribution is 0.147. The zero-order valence-electron chi connectivity index (χ0n) is 11.3. The van der Waals surface area contributed by atoms with Crippen LogP contribution in [0.4, 0.5) is 5.95 Å². The standard InChI is InChI=1S/C14H17ClIN3O/c1-2-20-9-3-6-17-14-18-7-8-19(14)13-5-4-11(15)10-12(13)16/h4-5,7-8,10H,2-3,6,9H2,1H3,(H,17,18). The van der Waals surface area contributed by atoms with Crippen molar-refractivity contribution in [3.8, 4) is 5.69 Å². The number of halogens is 2. The number of hydrogen-bond acceptors (Lipinski definition) is 3. The molecule has 6 heteroatoms. The molecule has 0 atom stereocenters. The molecule has 0 aliphatic carbocycles. The Morgan fingerprint density at radius 3 is 3.05 bits per heavy atom. The molecule has 0 radical (unpaired) electrons. The molecule has 0 saturated carbocycles. The molecule has 108 valence electrons. The number of aromatic nitrogens is 2. The van der Waals surface area contributed by atoms with Crippen LogP contribution < -0.4 is 5.32 Å². The summed E-state index contributed by atoms with van der Waals surface area (Å²) >= 11 is 8.27. The Labute approximate surface area is 137 Å². The van der Waals surface area contributed by atoms with Gasteiger partial charge in [0, 0.05) is 40.7 Å². The lowest BCUT2D eigenvalue weighted by Crippen LogP contribution is -2.10. The Morgan fingerprint density at radius 2 is 2.30 bits per heavy atom. The molecule has 0 aliphatic heterocycles. The highest BCUT2D eigenvalue weighted by Gasteiger charge is 2.08. The van der Waals surface area contributed by atoms with Gasteiger partial charge in [0.05, 0.1) is 5.69 Å². The van der Waals surface area contributed by atoms with Crippen LogP contribution >= 0.6 is 34.2 Å². The Hall–Kier alpha value is -0.790. The van der Waals surface area contributed by atoms with Crippen LogP contribution in [0.15, 0.2) is 30.6 Å². The fraction of sp³-hybridized carbons (Fsp3) is 0.357. The minimum atomic E-state index is 0.740. The minimum absolute atomic E-state index is 0.740. The van der Waals surface area contributed by atoms with Crippen molar-refractivity contribution in [1.29, 1.82) is 0 Å². The Balaban J connectivity index is 2.04. The number of imidazole rings is 1. The van der Waals surface area contributed by atoms with Gasteiger partial charge in [0.15, 0.2) is 0 Å². The van der Waals surface area contributed by atoms with Gasteiger partial charge in [-0.1, -0.05) is 11.6 Å². The molecule has 0 fully saturated rings. The van der Waals surface area contributed by atoms with E-state index in [1.54, 1.807) is 6.20 Å². The van der Waals surface area contributed by atoms with E-state index >= 15 is 0 Å². The van der Waals surface area contributed by atoms with Crippen molar-refractivity contribution in [2.75, 3.05) is 25.1 Å². The van der Waals surface area contributed by atoms with E-state index in [2.05, 4.69) is 32.9 Å². The van der Waals surface area contributed by atoms with Gasteiger partial charge in [-0.15, -0.1) is 0 Å². The van der Waals surface area contributed by atoms with Gasteiger partial charge >= 0.3 is 0 Å². The van der Waals surface area contributed by atoms with Crippen molar-refractivity contribution in [3.05, 3.63) is 39.2 Å². The molecule has 0 spiro atoms. The second-order valence-corrected chi connectivity index (χ2v) is 5.79. The summed E-state index contributed by atoms with van der Waals surface area (Å²) in [7, 11) is 0. The van der Waals surface area contributed by atoms with Crippen molar-refractivity contribution in [2.45, 2.75) is 13.3 Å². The quantitative estimate of drug-likeness (QED) is 0.560. The number of benzene rings is 1. The van der Waals surface area contributed by atoms with Crippen LogP contribution in [0, 0.1) is 3.57 Å². The van der Waals surface area contributed by atoms with E-state index in [9.17, 15) is 0 Å². The third-order valence-corrected chi connectivity index (χ3v) is 3.86. The van der Waals surface area contributed by atoms with Crippen molar-refractivity contribution in [3.63, 3.8) is 0 Å². The third-order valence-electron chi connectivity index (χ3n) is 2.76. The lowest BCUT2D eigenvalue weighted by atomic mass is 10.3. The average Bonchev–Trinajstić information content (AvgIpc) is 2.87. The van der Waals surface area contributed by atoms with E-state index in [1.807, 2.05) is 35.9 Å². The summed E-state index contributed by atoms with van der Waals surface area (Å²) in [6.07, 6.45) is 4.68. The highest BCUT2D eigenvalue weighted by atomic mass is 127. The first kappa shape index (κ1) is 15.6. The zero-order valence-corrected chi connectivity index (χ0v) is 14.2. The van der Waals surface area contributed by atoms with Gasteiger partial charge in [0.2, 0.25) is 5.95 Å². The summed E-state index contributed by atoms with van der Waals surface area (Å²) in [6, 6.07) is 5.82. The topological polar surface area (TPSA) is 39.1 Å². The number of anilines is 1. The summed E-state index contributed by atoms with van der Waals surface area (Å²) in [6.45, 7) is 4.37. The molecule has 1 N–H and O–H groups in total. The van der Waals surface area contributed by atoms with E-state index in [1.165, 1.54) is 0 Å². The van der Waals surface area contributed by atoms with E-state index < -0.39 is 0 Å². The summed E-state index contributed by atoms with van der Waals surface area (Å²) in [4.78, 5) is 4.35. The molecule has 0 aliphatic rings. The molecule has 2 rings (SSSR count). The first-order valence-electron chi connectivity index (χ1n) is 6.52. The van der Waals surface area contributed by atoms with Gasteiger partial charge < -0.3 is 10.1 Å². The number of ether oxygens (including phenoxy) is 1. The predicted molar refractivity (Wildman–Crippen MR) is 90.9 cm³/mol. The van der Waals surface area contributed by atoms with Gasteiger partial charge in [-0.3, -0.25) is 4.57 Å². The van der Waals surface area contributed by atoms with Gasteiger partial charge in [-0.05, 0) is 54.1 Å². The monoisotopic (exact) mass is 405 g/mol. The Morgan fingerprint density at radius 1 is 1.45 bits per heavy atom. The molecule has 1 heterocycles. The van der Waals surface area contributed by atoms with Crippen LogP contribution in [-0.4, -0.2) is 29.3 Å².